The number of anilines is 1. The van der Waals surface area contributed by atoms with Crippen LogP contribution in [-0.2, 0) is 6.42 Å². The van der Waals surface area contributed by atoms with Crippen molar-refractivity contribution < 1.29 is 5.11 Å². The largest absolute Gasteiger partial charge is 0.508 e. The molecule has 1 aliphatic carbocycles. The molecule has 3 rings (SSSR count). The van der Waals surface area contributed by atoms with Crippen molar-refractivity contribution in [3.63, 3.8) is 0 Å². The van der Waals surface area contributed by atoms with Crippen LogP contribution in [0.3, 0.4) is 0 Å². The predicted octanol–water partition coefficient (Wildman–Crippen LogP) is 3.23. The van der Waals surface area contributed by atoms with Gasteiger partial charge in [0.15, 0.2) is 0 Å². The smallest absolute Gasteiger partial charge is 0.119 e. The summed E-state index contributed by atoms with van der Waals surface area (Å²) < 4.78 is 0. The van der Waals surface area contributed by atoms with Gasteiger partial charge in [-0.1, -0.05) is 12.1 Å². The van der Waals surface area contributed by atoms with Crippen molar-refractivity contribution in [2.45, 2.75) is 18.9 Å². The Morgan fingerprint density at radius 1 is 1.10 bits per heavy atom. The molecular weight excluding hydrogens is 262 g/mol. The standard InChI is InChI=1S/C17H13N3O/c18-9-11-4-5-13(8-12(11)10-19)20-16-7-6-15-14(16)2-1-3-17(15)21/h1-5,8,16,20-21H,6-7H2. The first kappa shape index (κ1) is 13.0. The molecule has 0 amide bonds. The number of hydrogen-bond acceptors (Lipinski definition) is 4. The van der Waals surface area contributed by atoms with Gasteiger partial charge in [-0.3, -0.25) is 0 Å². The van der Waals surface area contributed by atoms with E-state index in [2.05, 4.69) is 5.32 Å². The van der Waals surface area contributed by atoms with E-state index in [1.54, 1.807) is 24.3 Å². The fourth-order valence-corrected chi connectivity index (χ4v) is 2.81. The van der Waals surface area contributed by atoms with Gasteiger partial charge in [0.2, 0.25) is 0 Å². The van der Waals surface area contributed by atoms with Gasteiger partial charge in [0.1, 0.15) is 17.9 Å². The first-order valence-electron chi connectivity index (χ1n) is 6.74. The normalized spacial score (nSPS) is 15.8. The second kappa shape index (κ2) is 5.19. The van der Waals surface area contributed by atoms with E-state index in [1.165, 1.54) is 0 Å². The van der Waals surface area contributed by atoms with Crippen molar-refractivity contribution in [2.75, 3.05) is 5.32 Å². The molecule has 21 heavy (non-hydrogen) atoms. The molecule has 2 aromatic carbocycles. The Balaban J connectivity index is 1.89. The summed E-state index contributed by atoms with van der Waals surface area (Å²) in [7, 11) is 0. The van der Waals surface area contributed by atoms with E-state index in [9.17, 15) is 5.11 Å². The van der Waals surface area contributed by atoms with Crippen LogP contribution < -0.4 is 5.32 Å². The Labute approximate surface area is 122 Å². The Morgan fingerprint density at radius 2 is 1.90 bits per heavy atom. The Hall–Kier alpha value is -2.98. The molecule has 1 aliphatic rings. The monoisotopic (exact) mass is 275 g/mol. The van der Waals surface area contributed by atoms with Gasteiger partial charge in [0, 0.05) is 5.69 Å². The Bertz CT molecular complexity index is 784. The van der Waals surface area contributed by atoms with E-state index < -0.39 is 0 Å². The summed E-state index contributed by atoms with van der Waals surface area (Å²) in [5.41, 5.74) is 3.65. The van der Waals surface area contributed by atoms with Crippen molar-refractivity contribution >= 4 is 5.69 Å². The van der Waals surface area contributed by atoms with Crippen LogP contribution in [0.25, 0.3) is 0 Å². The molecule has 4 heteroatoms. The molecule has 0 saturated carbocycles. The molecule has 0 spiro atoms. The second-order valence-corrected chi connectivity index (χ2v) is 5.06. The molecule has 0 radical (unpaired) electrons. The van der Waals surface area contributed by atoms with Gasteiger partial charge in [-0.2, -0.15) is 10.5 Å². The van der Waals surface area contributed by atoms with Gasteiger partial charge >= 0.3 is 0 Å². The quantitative estimate of drug-likeness (QED) is 0.881. The van der Waals surface area contributed by atoms with Gasteiger partial charge in [-0.05, 0) is 48.2 Å². The first-order chi connectivity index (χ1) is 10.2. The van der Waals surface area contributed by atoms with Crippen LogP contribution in [0.1, 0.15) is 34.7 Å². The SMILES string of the molecule is N#Cc1ccc(NC2CCc3c(O)cccc32)cc1C#N. The summed E-state index contributed by atoms with van der Waals surface area (Å²) in [6.45, 7) is 0. The van der Waals surface area contributed by atoms with Crippen molar-refractivity contribution in [3.8, 4) is 17.9 Å². The van der Waals surface area contributed by atoms with E-state index in [1.807, 2.05) is 24.3 Å². The molecule has 4 nitrogen and oxygen atoms in total. The van der Waals surface area contributed by atoms with Crippen LogP contribution >= 0.6 is 0 Å². The number of phenols is 1. The van der Waals surface area contributed by atoms with Gasteiger partial charge < -0.3 is 10.4 Å². The van der Waals surface area contributed by atoms with Crippen LogP contribution in [0.5, 0.6) is 5.75 Å². The molecular formula is C17H13N3O. The first-order valence-corrected chi connectivity index (χ1v) is 6.74. The fourth-order valence-electron chi connectivity index (χ4n) is 2.81. The van der Waals surface area contributed by atoms with Gasteiger partial charge in [0.05, 0.1) is 17.2 Å². The third-order valence-electron chi connectivity index (χ3n) is 3.85. The summed E-state index contributed by atoms with van der Waals surface area (Å²) in [6.07, 6.45) is 1.73. The fraction of sp³-hybridized carbons (Fsp3) is 0.176. The van der Waals surface area contributed by atoms with Crippen molar-refractivity contribution in [2.24, 2.45) is 0 Å². The van der Waals surface area contributed by atoms with Gasteiger partial charge in [-0.25, -0.2) is 0 Å². The lowest BCUT2D eigenvalue weighted by molar-refractivity contribution is 0.469. The van der Waals surface area contributed by atoms with Gasteiger partial charge in [0.25, 0.3) is 0 Å². The average molecular weight is 275 g/mol. The molecule has 0 bridgehead atoms. The van der Waals surface area contributed by atoms with Crippen molar-refractivity contribution in [3.05, 3.63) is 58.7 Å². The topological polar surface area (TPSA) is 79.8 Å². The molecule has 0 fully saturated rings. The summed E-state index contributed by atoms with van der Waals surface area (Å²) in [6, 6.07) is 14.9. The van der Waals surface area contributed by atoms with E-state index >= 15 is 0 Å². The lowest BCUT2D eigenvalue weighted by Crippen LogP contribution is -2.07. The third kappa shape index (κ3) is 2.28. The van der Waals surface area contributed by atoms with Crippen LogP contribution in [0.4, 0.5) is 5.69 Å². The molecule has 0 aromatic heterocycles. The van der Waals surface area contributed by atoms with Crippen LogP contribution in [0.2, 0.25) is 0 Å². The van der Waals surface area contributed by atoms with Crippen molar-refractivity contribution in [1.29, 1.82) is 10.5 Å². The predicted molar refractivity (Wildman–Crippen MR) is 78.7 cm³/mol. The second-order valence-electron chi connectivity index (χ2n) is 5.06. The molecule has 1 unspecified atom stereocenters. The minimum atomic E-state index is 0.117. The van der Waals surface area contributed by atoms with Crippen LogP contribution in [0, 0.1) is 22.7 Å². The molecule has 2 N–H and O–H groups in total. The number of hydrogen-bond donors (Lipinski definition) is 2. The summed E-state index contributed by atoms with van der Waals surface area (Å²) in [4.78, 5) is 0. The Morgan fingerprint density at radius 3 is 2.67 bits per heavy atom. The molecule has 2 aromatic rings. The number of rotatable bonds is 2. The molecule has 0 heterocycles. The summed E-state index contributed by atoms with van der Waals surface area (Å²) >= 11 is 0. The molecule has 102 valence electrons. The number of fused-ring (bicyclic) bond motifs is 1. The molecule has 1 atom stereocenters. The zero-order valence-electron chi connectivity index (χ0n) is 11.3. The van der Waals surface area contributed by atoms with Crippen LogP contribution in [0.15, 0.2) is 36.4 Å². The van der Waals surface area contributed by atoms with Crippen molar-refractivity contribution in [1.82, 2.24) is 0 Å². The summed E-state index contributed by atoms with van der Waals surface area (Å²) in [5, 5.41) is 31.2. The maximum Gasteiger partial charge on any atom is 0.119 e. The maximum atomic E-state index is 9.86. The number of nitrogens with one attached hydrogen (secondary N) is 1. The Kier molecular flexibility index (Phi) is 3.22. The maximum absolute atomic E-state index is 9.86. The highest BCUT2D eigenvalue weighted by molar-refractivity contribution is 5.58. The third-order valence-corrected chi connectivity index (χ3v) is 3.85. The van der Waals surface area contributed by atoms with E-state index in [0.29, 0.717) is 16.9 Å². The van der Waals surface area contributed by atoms with Crippen LogP contribution in [-0.4, -0.2) is 5.11 Å². The minimum Gasteiger partial charge on any atom is -0.508 e. The summed E-state index contributed by atoms with van der Waals surface area (Å²) in [5.74, 6) is 0.342. The van der Waals surface area contributed by atoms with E-state index in [-0.39, 0.29) is 6.04 Å². The van der Waals surface area contributed by atoms with Gasteiger partial charge in [-0.15, -0.1) is 0 Å². The highest BCUT2D eigenvalue weighted by Crippen LogP contribution is 2.38. The highest BCUT2D eigenvalue weighted by Gasteiger charge is 2.24. The number of benzene rings is 2. The molecule has 0 saturated heterocycles. The molecule has 0 aliphatic heterocycles. The number of nitriles is 2. The van der Waals surface area contributed by atoms with E-state index in [4.69, 9.17) is 10.5 Å². The lowest BCUT2D eigenvalue weighted by atomic mass is 10.1. The minimum absolute atomic E-state index is 0.117. The average Bonchev–Trinajstić information content (AvgIpc) is 2.92. The zero-order valence-corrected chi connectivity index (χ0v) is 11.3. The van der Waals surface area contributed by atoms with E-state index in [0.717, 1.165) is 29.7 Å². The number of aromatic hydroxyl groups is 1. The highest BCUT2D eigenvalue weighted by atomic mass is 16.3. The zero-order chi connectivity index (χ0) is 14.8. The number of phenolic OH excluding ortho intramolecular Hbond substituents is 1. The number of nitrogens with zero attached hydrogens (tertiary/aromatic N) is 2. The lowest BCUT2D eigenvalue weighted by Gasteiger charge is -2.16.